The molecular formula is C15H25NO4. The van der Waals surface area contributed by atoms with E-state index >= 15 is 0 Å². The number of ether oxygens (including phenoxy) is 1. The average Bonchev–Trinajstić information content (AvgIpc) is 2.83. The summed E-state index contributed by atoms with van der Waals surface area (Å²) in [5.41, 5.74) is -0.245. The topological polar surface area (TPSA) is 75.6 Å². The minimum Gasteiger partial charge on any atom is -0.481 e. The molecule has 1 aliphatic carbocycles. The summed E-state index contributed by atoms with van der Waals surface area (Å²) in [6.07, 6.45) is 6.16. The predicted molar refractivity (Wildman–Crippen MR) is 74.3 cm³/mol. The Hall–Kier alpha value is -1.10. The highest BCUT2D eigenvalue weighted by atomic mass is 16.5. The molecule has 2 rings (SSSR count). The maximum atomic E-state index is 12.1. The van der Waals surface area contributed by atoms with E-state index in [4.69, 9.17) is 9.84 Å². The summed E-state index contributed by atoms with van der Waals surface area (Å²) in [6.45, 7) is 2.95. The highest BCUT2D eigenvalue weighted by Crippen LogP contribution is 2.38. The van der Waals surface area contributed by atoms with Gasteiger partial charge in [-0.2, -0.15) is 0 Å². The maximum Gasteiger partial charge on any atom is 0.303 e. The smallest absolute Gasteiger partial charge is 0.303 e. The maximum absolute atomic E-state index is 12.1. The van der Waals surface area contributed by atoms with Crippen LogP contribution in [0.4, 0.5) is 0 Å². The molecule has 2 unspecified atom stereocenters. The van der Waals surface area contributed by atoms with E-state index in [9.17, 15) is 9.59 Å². The molecule has 0 aromatic carbocycles. The van der Waals surface area contributed by atoms with Gasteiger partial charge in [-0.25, -0.2) is 0 Å². The van der Waals surface area contributed by atoms with E-state index in [1.54, 1.807) is 0 Å². The molecule has 2 fully saturated rings. The average molecular weight is 283 g/mol. The molecular weight excluding hydrogens is 258 g/mol. The quantitative estimate of drug-likeness (QED) is 0.808. The van der Waals surface area contributed by atoms with Crippen LogP contribution >= 0.6 is 0 Å². The molecule has 1 heterocycles. The van der Waals surface area contributed by atoms with Gasteiger partial charge in [0, 0.05) is 6.54 Å². The van der Waals surface area contributed by atoms with Crippen molar-refractivity contribution in [2.45, 2.75) is 58.0 Å². The van der Waals surface area contributed by atoms with Crippen molar-refractivity contribution in [3.8, 4) is 0 Å². The van der Waals surface area contributed by atoms with Crippen molar-refractivity contribution in [3.63, 3.8) is 0 Å². The Labute approximate surface area is 120 Å². The molecule has 0 radical (unpaired) electrons. The Kier molecular flexibility index (Phi) is 5.02. The van der Waals surface area contributed by atoms with Gasteiger partial charge in [0.05, 0.1) is 25.0 Å². The van der Waals surface area contributed by atoms with Gasteiger partial charge in [0.2, 0.25) is 5.91 Å². The van der Waals surface area contributed by atoms with Crippen molar-refractivity contribution in [3.05, 3.63) is 0 Å². The third-order valence-electron chi connectivity index (χ3n) is 4.65. The summed E-state index contributed by atoms with van der Waals surface area (Å²) in [7, 11) is 0. The lowest BCUT2D eigenvalue weighted by atomic mass is 9.71. The van der Waals surface area contributed by atoms with Crippen LogP contribution in [-0.2, 0) is 14.3 Å². The van der Waals surface area contributed by atoms with Crippen LogP contribution < -0.4 is 5.32 Å². The lowest BCUT2D eigenvalue weighted by Gasteiger charge is -2.36. The van der Waals surface area contributed by atoms with Crippen LogP contribution in [0.2, 0.25) is 0 Å². The number of carbonyl (C=O) groups excluding carboxylic acids is 1. The lowest BCUT2D eigenvalue weighted by molar-refractivity contribution is -0.141. The minimum atomic E-state index is -0.765. The van der Waals surface area contributed by atoms with Gasteiger partial charge in [-0.05, 0) is 31.6 Å². The fourth-order valence-corrected chi connectivity index (χ4v) is 3.46. The number of rotatable bonds is 5. The SMILES string of the molecule is CC1CC(C(=O)NCC2(CC(=O)O)CCCCC2)CO1. The summed E-state index contributed by atoms with van der Waals surface area (Å²) >= 11 is 0. The fraction of sp³-hybridized carbons (Fsp3) is 0.867. The molecule has 1 amide bonds. The molecule has 2 aliphatic rings. The summed E-state index contributed by atoms with van der Waals surface area (Å²) in [5, 5.41) is 12.1. The molecule has 5 nitrogen and oxygen atoms in total. The molecule has 114 valence electrons. The van der Waals surface area contributed by atoms with E-state index in [1.807, 2.05) is 6.92 Å². The molecule has 2 N–H and O–H groups in total. The van der Waals surface area contributed by atoms with E-state index < -0.39 is 5.97 Å². The van der Waals surface area contributed by atoms with E-state index in [-0.39, 0.29) is 29.8 Å². The highest BCUT2D eigenvalue weighted by Gasteiger charge is 2.36. The Bertz CT molecular complexity index is 363. The molecule has 1 saturated carbocycles. The Morgan fingerprint density at radius 3 is 2.55 bits per heavy atom. The molecule has 20 heavy (non-hydrogen) atoms. The number of aliphatic carboxylic acids is 1. The zero-order valence-corrected chi connectivity index (χ0v) is 12.2. The number of carboxylic acid groups (broad SMARTS) is 1. The summed E-state index contributed by atoms with van der Waals surface area (Å²) in [5.74, 6) is -0.820. The molecule has 2 atom stereocenters. The molecule has 0 spiro atoms. The summed E-state index contributed by atoms with van der Waals surface area (Å²) < 4.78 is 5.41. The molecule has 0 bridgehead atoms. The predicted octanol–water partition coefficient (Wildman–Crippen LogP) is 1.95. The van der Waals surface area contributed by atoms with Gasteiger partial charge in [0.15, 0.2) is 0 Å². The lowest BCUT2D eigenvalue weighted by Crippen LogP contribution is -2.42. The second-order valence-corrected chi connectivity index (χ2v) is 6.43. The van der Waals surface area contributed by atoms with E-state index in [0.717, 1.165) is 32.1 Å². The molecule has 5 heteroatoms. The molecule has 0 aromatic rings. The zero-order chi connectivity index (χ0) is 14.6. The summed E-state index contributed by atoms with van der Waals surface area (Å²) in [6, 6.07) is 0. The van der Waals surface area contributed by atoms with E-state index in [0.29, 0.717) is 13.2 Å². The number of hydrogen-bond acceptors (Lipinski definition) is 3. The van der Waals surface area contributed by atoms with Crippen molar-refractivity contribution in [2.24, 2.45) is 11.3 Å². The number of carbonyl (C=O) groups is 2. The second kappa shape index (κ2) is 6.57. The van der Waals surface area contributed by atoms with Crippen molar-refractivity contribution in [1.29, 1.82) is 0 Å². The third-order valence-corrected chi connectivity index (χ3v) is 4.65. The fourth-order valence-electron chi connectivity index (χ4n) is 3.46. The largest absolute Gasteiger partial charge is 0.481 e. The van der Waals surface area contributed by atoms with Crippen LogP contribution in [-0.4, -0.2) is 36.2 Å². The van der Waals surface area contributed by atoms with Crippen molar-refractivity contribution in [1.82, 2.24) is 5.32 Å². The van der Waals surface area contributed by atoms with Crippen LogP contribution in [0.3, 0.4) is 0 Å². The monoisotopic (exact) mass is 283 g/mol. The Balaban J connectivity index is 1.88. The first kappa shape index (κ1) is 15.3. The first-order valence-corrected chi connectivity index (χ1v) is 7.62. The Morgan fingerprint density at radius 2 is 2.00 bits per heavy atom. The first-order valence-electron chi connectivity index (χ1n) is 7.62. The molecule has 0 aromatic heterocycles. The van der Waals surface area contributed by atoms with Gasteiger partial charge >= 0.3 is 5.97 Å². The van der Waals surface area contributed by atoms with E-state index in [1.165, 1.54) is 6.42 Å². The van der Waals surface area contributed by atoms with Gasteiger partial charge in [-0.15, -0.1) is 0 Å². The number of carboxylic acids is 1. The Morgan fingerprint density at radius 1 is 1.30 bits per heavy atom. The highest BCUT2D eigenvalue weighted by molar-refractivity contribution is 5.79. The number of hydrogen-bond donors (Lipinski definition) is 2. The van der Waals surface area contributed by atoms with Gasteiger partial charge in [0.1, 0.15) is 0 Å². The summed E-state index contributed by atoms with van der Waals surface area (Å²) in [4.78, 5) is 23.2. The van der Waals surface area contributed by atoms with Gasteiger partial charge in [-0.1, -0.05) is 19.3 Å². The molecule has 1 saturated heterocycles. The standard InChI is InChI=1S/C15H25NO4/c1-11-7-12(9-20-11)14(19)16-10-15(8-13(17)18)5-3-2-4-6-15/h11-12H,2-10H2,1H3,(H,16,19)(H,17,18). The molecule has 1 aliphatic heterocycles. The van der Waals surface area contributed by atoms with Crippen molar-refractivity contribution < 1.29 is 19.4 Å². The van der Waals surface area contributed by atoms with Crippen LogP contribution in [0.5, 0.6) is 0 Å². The van der Waals surface area contributed by atoms with Gasteiger partial charge < -0.3 is 15.2 Å². The van der Waals surface area contributed by atoms with Crippen molar-refractivity contribution in [2.75, 3.05) is 13.2 Å². The normalized spacial score (nSPS) is 29.1. The number of amides is 1. The van der Waals surface area contributed by atoms with Gasteiger partial charge in [-0.3, -0.25) is 9.59 Å². The van der Waals surface area contributed by atoms with Crippen LogP contribution in [0, 0.1) is 11.3 Å². The zero-order valence-electron chi connectivity index (χ0n) is 12.2. The van der Waals surface area contributed by atoms with Crippen LogP contribution in [0.25, 0.3) is 0 Å². The van der Waals surface area contributed by atoms with E-state index in [2.05, 4.69) is 5.32 Å². The number of nitrogens with one attached hydrogen (secondary N) is 1. The minimum absolute atomic E-state index is 0.0182. The third kappa shape index (κ3) is 3.95. The van der Waals surface area contributed by atoms with Gasteiger partial charge in [0.25, 0.3) is 0 Å². The second-order valence-electron chi connectivity index (χ2n) is 6.43. The van der Waals surface area contributed by atoms with Crippen molar-refractivity contribution >= 4 is 11.9 Å². The van der Waals surface area contributed by atoms with Crippen LogP contribution in [0.15, 0.2) is 0 Å². The van der Waals surface area contributed by atoms with Crippen LogP contribution in [0.1, 0.15) is 51.9 Å². The first-order chi connectivity index (χ1) is 9.51.